The van der Waals surface area contributed by atoms with Crippen LogP contribution in [0.3, 0.4) is 0 Å². The Bertz CT molecular complexity index is 504. The van der Waals surface area contributed by atoms with Crippen LogP contribution in [-0.2, 0) is 16.0 Å². The fraction of sp³-hybridized carbons (Fsp3) is 0.286. The first-order chi connectivity index (χ1) is 9.06. The molecule has 0 unspecified atom stereocenters. The molecule has 0 saturated heterocycles. The van der Waals surface area contributed by atoms with Crippen molar-refractivity contribution in [3.8, 4) is 18.1 Å². The molecule has 0 fully saturated rings. The maximum Gasteiger partial charge on any atom is 0.323 e. The second-order valence-corrected chi connectivity index (χ2v) is 3.88. The number of carbonyl (C=O) groups excluding carboxylic acids is 1. The number of benzene rings is 1. The smallest absolute Gasteiger partial charge is 0.323 e. The Morgan fingerprint density at radius 2 is 2.21 bits per heavy atom. The molecular weight excluding hydrogens is 246 g/mol. The van der Waals surface area contributed by atoms with Crippen molar-refractivity contribution in [3.63, 3.8) is 0 Å². The first-order valence-electron chi connectivity index (χ1n) is 5.62. The van der Waals surface area contributed by atoms with E-state index in [2.05, 4.69) is 5.92 Å². The fourth-order valence-electron chi connectivity index (χ4n) is 1.57. The summed E-state index contributed by atoms with van der Waals surface area (Å²) in [6.07, 6.45) is 5.21. The van der Waals surface area contributed by atoms with Crippen molar-refractivity contribution in [2.45, 2.75) is 6.42 Å². The lowest BCUT2D eigenvalue weighted by atomic mass is 10.1. The Hall–Kier alpha value is -2.48. The Morgan fingerprint density at radius 1 is 1.47 bits per heavy atom. The van der Waals surface area contributed by atoms with Gasteiger partial charge < -0.3 is 14.7 Å². The van der Waals surface area contributed by atoms with Crippen LogP contribution in [0.1, 0.15) is 5.56 Å². The second-order valence-electron chi connectivity index (χ2n) is 3.88. The van der Waals surface area contributed by atoms with Gasteiger partial charge in [0.25, 0.3) is 0 Å². The van der Waals surface area contributed by atoms with Gasteiger partial charge in [-0.25, -0.2) is 0 Å². The van der Waals surface area contributed by atoms with Crippen LogP contribution in [0, 0.1) is 12.3 Å². The van der Waals surface area contributed by atoms with Gasteiger partial charge in [0.1, 0.15) is 12.3 Å². The van der Waals surface area contributed by atoms with E-state index in [4.69, 9.17) is 16.3 Å². The number of ether oxygens (including phenoxy) is 1. The third kappa shape index (κ3) is 4.72. The largest absolute Gasteiger partial charge is 0.497 e. The number of amides is 1. The van der Waals surface area contributed by atoms with Gasteiger partial charge in [-0.3, -0.25) is 9.59 Å². The monoisotopic (exact) mass is 261 g/mol. The lowest BCUT2D eigenvalue weighted by Crippen LogP contribution is -2.36. The molecule has 0 aliphatic carbocycles. The molecule has 0 radical (unpaired) electrons. The van der Waals surface area contributed by atoms with Crippen LogP contribution in [0.2, 0.25) is 0 Å². The third-order valence-corrected chi connectivity index (χ3v) is 2.45. The zero-order valence-corrected chi connectivity index (χ0v) is 10.6. The highest BCUT2D eigenvalue weighted by Gasteiger charge is 2.16. The number of hydrogen-bond acceptors (Lipinski definition) is 3. The third-order valence-electron chi connectivity index (χ3n) is 2.45. The summed E-state index contributed by atoms with van der Waals surface area (Å²) in [5.41, 5.74) is 0.747. The highest BCUT2D eigenvalue weighted by molar-refractivity contribution is 5.83. The molecule has 1 amide bonds. The van der Waals surface area contributed by atoms with E-state index in [0.29, 0.717) is 5.75 Å². The predicted molar refractivity (Wildman–Crippen MR) is 69.7 cm³/mol. The molecule has 1 aromatic rings. The number of rotatable bonds is 6. The van der Waals surface area contributed by atoms with E-state index in [0.717, 1.165) is 10.5 Å². The number of carbonyl (C=O) groups is 2. The zero-order chi connectivity index (χ0) is 14.3. The number of carboxylic acid groups (broad SMARTS) is 1. The molecule has 0 bridgehead atoms. The van der Waals surface area contributed by atoms with Crippen LogP contribution in [0.4, 0.5) is 0 Å². The topological polar surface area (TPSA) is 66.8 Å². The lowest BCUT2D eigenvalue weighted by Gasteiger charge is -2.18. The minimum atomic E-state index is -1.09. The van der Waals surface area contributed by atoms with Crippen molar-refractivity contribution in [1.82, 2.24) is 4.90 Å². The van der Waals surface area contributed by atoms with E-state index in [9.17, 15) is 9.59 Å². The normalized spacial score (nSPS) is 9.47. The molecule has 5 heteroatoms. The first kappa shape index (κ1) is 14.6. The van der Waals surface area contributed by atoms with Crippen molar-refractivity contribution < 1.29 is 19.4 Å². The molecule has 19 heavy (non-hydrogen) atoms. The molecular formula is C14H15NO4. The van der Waals surface area contributed by atoms with Crippen LogP contribution in [-0.4, -0.2) is 42.1 Å². The van der Waals surface area contributed by atoms with Gasteiger partial charge in [0.2, 0.25) is 5.91 Å². The van der Waals surface area contributed by atoms with E-state index < -0.39 is 12.5 Å². The van der Waals surface area contributed by atoms with Crippen LogP contribution >= 0.6 is 0 Å². The van der Waals surface area contributed by atoms with Gasteiger partial charge in [0.15, 0.2) is 0 Å². The van der Waals surface area contributed by atoms with Gasteiger partial charge in [-0.05, 0) is 17.7 Å². The Morgan fingerprint density at radius 3 is 2.79 bits per heavy atom. The van der Waals surface area contributed by atoms with E-state index in [1.807, 2.05) is 0 Å². The molecule has 0 aromatic heterocycles. The van der Waals surface area contributed by atoms with Crippen molar-refractivity contribution in [2.24, 2.45) is 0 Å². The van der Waals surface area contributed by atoms with Gasteiger partial charge in [0, 0.05) is 0 Å². The summed E-state index contributed by atoms with van der Waals surface area (Å²) in [6.45, 7) is -0.415. The average molecular weight is 261 g/mol. The molecule has 1 aromatic carbocycles. The van der Waals surface area contributed by atoms with Crippen molar-refractivity contribution in [3.05, 3.63) is 29.8 Å². The molecule has 0 heterocycles. The molecule has 0 aliphatic heterocycles. The zero-order valence-electron chi connectivity index (χ0n) is 10.6. The average Bonchev–Trinajstić information content (AvgIpc) is 2.38. The van der Waals surface area contributed by atoms with E-state index >= 15 is 0 Å². The number of aliphatic carboxylic acids is 1. The highest BCUT2D eigenvalue weighted by atomic mass is 16.5. The van der Waals surface area contributed by atoms with Crippen molar-refractivity contribution >= 4 is 11.9 Å². The summed E-state index contributed by atoms with van der Waals surface area (Å²) < 4.78 is 5.06. The number of terminal acetylenes is 1. The molecule has 5 nitrogen and oxygen atoms in total. The SMILES string of the molecule is C#CCN(CC(=O)O)C(=O)Cc1cccc(OC)c1. The van der Waals surface area contributed by atoms with Crippen molar-refractivity contribution in [2.75, 3.05) is 20.2 Å². The molecule has 1 rings (SSSR count). The maximum atomic E-state index is 12.0. The number of nitrogens with zero attached hydrogens (tertiary/aromatic N) is 1. The van der Waals surface area contributed by atoms with Crippen molar-refractivity contribution in [1.29, 1.82) is 0 Å². The second kappa shape index (κ2) is 7.07. The molecule has 0 aliphatic rings. The molecule has 0 saturated carbocycles. The highest BCUT2D eigenvalue weighted by Crippen LogP contribution is 2.13. The maximum absolute atomic E-state index is 12.0. The lowest BCUT2D eigenvalue weighted by molar-refractivity contribution is -0.143. The van der Waals surface area contributed by atoms with Gasteiger partial charge in [-0.2, -0.15) is 0 Å². The number of carboxylic acids is 1. The quantitative estimate of drug-likeness (QED) is 0.769. The Kier molecular flexibility index (Phi) is 5.42. The summed E-state index contributed by atoms with van der Waals surface area (Å²) >= 11 is 0. The van der Waals surface area contributed by atoms with Crippen LogP contribution in [0.25, 0.3) is 0 Å². The van der Waals surface area contributed by atoms with Gasteiger partial charge in [-0.1, -0.05) is 18.1 Å². The summed E-state index contributed by atoms with van der Waals surface area (Å²) in [7, 11) is 1.54. The summed E-state index contributed by atoms with van der Waals surface area (Å²) in [5, 5.41) is 8.73. The molecule has 0 spiro atoms. The van der Waals surface area contributed by atoms with Gasteiger partial charge in [0.05, 0.1) is 20.1 Å². The van der Waals surface area contributed by atoms with E-state index in [-0.39, 0.29) is 18.9 Å². The van der Waals surface area contributed by atoms with Crippen LogP contribution in [0.15, 0.2) is 24.3 Å². The molecule has 100 valence electrons. The minimum absolute atomic E-state index is 0.0187. The van der Waals surface area contributed by atoms with E-state index in [1.54, 1.807) is 24.3 Å². The predicted octanol–water partition coefficient (Wildman–Crippen LogP) is 0.784. The van der Waals surface area contributed by atoms with Crippen LogP contribution < -0.4 is 4.74 Å². The first-order valence-corrected chi connectivity index (χ1v) is 5.62. The van der Waals surface area contributed by atoms with Gasteiger partial charge in [-0.15, -0.1) is 6.42 Å². The Balaban J connectivity index is 2.75. The summed E-state index contributed by atoms with van der Waals surface area (Å²) in [5.74, 6) is 1.51. The standard InChI is InChI=1S/C14H15NO4/c1-3-7-15(10-14(17)18)13(16)9-11-5-4-6-12(8-11)19-2/h1,4-6,8H,7,9-10H2,2H3,(H,17,18). The number of methoxy groups -OCH3 is 1. The molecule has 0 atom stereocenters. The minimum Gasteiger partial charge on any atom is -0.497 e. The van der Waals surface area contributed by atoms with Gasteiger partial charge >= 0.3 is 5.97 Å². The molecule has 1 N–H and O–H groups in total. The van der Waals surface area contributed by atoms with E-state index in [1.165, 1.54) is 7.11 Å². The number of hydrogen-bond donors (Lipinski definition) is 1. The summed E-state index contributed by atoms with van der Waals surface area (Å²) in [6, 6.07) is 7.04. The summed E-state index contributed by atoms with van der Waals surface area (Å²) in [4.78, 5) is 23.8. The van der Waals surface area contributed by atoms with Crippen LogP contribution in [0.5, 0.6) is 5.75 Å². The Labute approximate surface area is 111 Å². The fourth-order valence-corrected chi connectivity index (χ4v) is 1.57.